The van der Waals surface area contributed by atoms with Crippen LogP contribution in [-0.2, 0) is 11.3 Å². The Kier molecular flexibility index (Phi) is 4.78. The second-order valence-electron chi connectivity index (χ2n) is 7.03. The van der Waals surface area contributed by atoms with Gasteiger partial charge in [-0.3, -0.25) is 4.79 Å². The Bertz CT molecular complexity index is 986. The van der Waals surface area contributed by atoms with E-state index in [9.17, 15) is 9.18 Å². The van der Waals surface area contributed by atoms with Gasteiger partial charge in [-0.2, -0.15) is 4.39 Å². The molecule has 3 heterocycles. The number of ether oxygens (including phenoxy) is 1. The van der Waals surface area contributed by atoms with Gasteiger partial charge in [0.15, 0.2) is 11.4 Å². The van der Waals surface area contributed by atoms with Crippen LogP contribution < -0.4 is 10.7 Å². The molecule has 5 nitrogen and oxygen atoms in total. The number of hydrogen-bond acceptors (Lipinski definition) is 3. The molecule has 1 fully saturated rings. The third-order valence-corrected chi connectivity index (χ3v) is 5.17. The fourth-order valence-electron chi connectivity index (χ4n) is 3.99. The molecule has 0 bridgehead atoms. The summed E-state index contributed by atoms with van der Waals surface area (Å²) in [6, 6.07) is 6.52. The van der Waals surface area contributed by atoms with E-state index in [4.69, 9.17) is 4.74 Å². The lowest BCUT2D eigenvalue weighted by Crippen LogP contribution is -2.38. The van der Waals surface area contributed by atoms with Gasteiger partial charge in [0.1, 0.15) is 0 Å². The second kappa shape index (κ2) is 7.21. The third-order valence-electron chi connectivity index (χ3n) is 5.17. The van der Waals surface area contributed by atoms with Crippen molar-refractivity contribution in [3.8, 4) is 0 Å². The van der Waals surface area contributed by atoms with Gasteiger partial charge in [0, 0.05) is 48.2 Å². The summed E-state index contributed by atoms with van der Waals surface area (Å²) in [7, 11) is 0. The van der Waals surface area contributed by atoms with Crippen molar-refractivity contribution in [3.05, 3.63) is 46.1 Å². The molecule has 1 aliphatic rings. The number of unbranched alkanes of at least 4 members (excludes halogenated alkanes) is 1. The van der Waals surface area contributed by atoms with Gasteiger partial charge in [0.25, 0.3) is 0 Å². The zero-order valence-corrected chi connectivity index (χ0v) is 15.0. The van der Waals surface area contributed by atoms with Crippen molar-refractivity contribution in [2.75, 3.05) is 19.7 Å². The normalized spacial score (nSPS) is 18.0. The summed E-state index contributed by atoms with van der Waals surface area (Å²) in [5, 5.41) is 5.13. The highest BCUT2D eigenvalue weighted by Gasteiger charge is 2.16. The van der Waals surface area contributed by atoms with Crippen LogP contribution in [0.4, 0.5) is 4.39 Å². The largest absolute Gasteiger partial charge is 0.376 e. The standard InChI is InChI=1S/C20H24FN3O2/c1-13-20-17(11-19(21)23-13)16-6-5-14(25)10-18(16)24(20)8-3-2-4-15-12-22-7-9-26-15/h5-6,10-11,15,22-23H,2-4,7-9,12H2,1H3. The van der Waals surface area contributed by atoms with E-state index in [2.05, 4.69) is 14.9 Å². The fourth-order valence-corrected chi connectivity index (χ4v) is 3.99. The van der Waals surface area contributed by atoms with Gasteiger partial charge >= 0.3 is 0 Å². The number of aromatic nitrogens is 2. The lowest BCUT2D eigenvalue weighted by atomic mass is 10.1. The summed E-state index contributed by atoms with van der Waals surface area (Å²) < 4.78 is 21.8. The van der Waals surface area contributed by atoms with E-state index in [1.54, 1.807) is 18.2 Å². The summed E-state index contributed by atoms with van der Waals surface area (Å²) in [6.45, 7) is 5.30. The monoisotopic (exact) mass is 357 g/mol. The van der Waals surface area contributed by atoms with Crippen LogP contribution in [0.3, 0.4) is 0 Å². The molecule has 0 spiro atoms. The smallest absolute Gasteiger partial charge is 0.191 e. The zero-order valence-electron chi connectivity index (χ0n) is 15.0. The predicted octanol–water partition coefficient (Wildman–Crippen LogP) is 3.09. The number of H-pyrrole nitrogens is 1. The lowest BCUT2D eigenvalue weighted by molar-refractivity contribution is 0.0220. The first kappa shape index (κ1) is 17.2. The van der Waals surface area contributed by atoms with Crippen LogP contribution in [0.15, 0.2) is 29.1 Å². The first-order valence-corrected chi connectivity index (χ1v) is 9.27. The van der Waals surface area contributed by atoms with Crippen LogP contribution in [-0.4, -0.2) is 35.4 Å². The number of aromatic amines is 1. The Morgan fingerprint density at radius 2 is 2.15 bits per heavy atom. The Morgan fingerprint density at radius 1 is 1.27 bits per heavy atom. The number of nitrogens with one attached hydrogen (secondary N) is 2. The number of rotatable bonds is 5. The molecule has 1 aliphatic heterocycles. The molecule has 3 aromatic rings. The molecule has 2 N–H and O–H groups in total. The molecule has 0 aliphatic carbocycles. The number of fused-ring (bicyclic) bond motifs is 3. The number of halogens is 1. The molecule has 1 atom stereocenters. The number of benzene rings is 1. The minimum atomic E-state index is -0.359. The first-order valence-electron chi connectivity index (χ1n) is 9.27. The van der Waals surface area contributed by atoms with Crippen LogP contribution in [0.2, 0.25) is 0 Å². The average molecular weight is 357 g/mol. The maximum absolute atomic E-state index is 13.9. The van der Waals surface area contributed by atoms with E-state index in [0.717, 1.165) is 73.0 Å². The zero-order chi connectivity index (χ0) is 18.1. The van der Waals surface area contributed by atoms with Crippen molar-refractivity contribution in [2.45, 2.75) is 38.8 Å². The minimum Gasteiger partial charge on any atom is -0.376 e. The molecule has 0 saturated carbocycles. The van der Waals surface area contributed by atoms with Crippen molar-refractivity contribution in [1.29, 1.82) is 0 Å². The molecule has 1 aromatic carbocycles. The van der Waals surface area contributed by atoms with Crippen molar-refractivity contribution in [3.63, 3.8) is 0 Å². The van der Waals surface area contributed by atoms with Crippen molar-refractivity contribution in [1.82, 2.24) is 14.9 Å². The van der Waals surface area contributed by atoms with Gasteiger partial charge < -0.3 is 19.6 Å². The van der Waals surface area contributed by atoms with Crippen molar-refractivity contribution < 1.29 is 9.13 Å². The number of pyridine rings is 1. The quantitative estimate of drug-likeness (QED) is 0.545. The van der Waals surface area contributed by atoms with Crippen molar-refractivity contribution in [2.24, 2.45) is 0 Å². The first-order chi connectivity index (χ1) is 12.6. The van der Waals surface area contributed by atoms with Crippen LogP contribution in [0, 0.1) is 12.9 Å². The Labute approximate surface area is 151 Å². The van der Waals surface area contributed by atoms with Crippen molar-refractivity contribution >= 4 is 21.8 Å². The van der Waals surface area contributed by atoms with E-state index < -0.39 is 0 Å². The summed E-state index contributed by atoms with van der Waals surface area (Å²) in [6.07, 6.45) is 3.35. The summed E-state index contributed by atoms with van der Waals surface area (Å²) >= 11 is 0. The van der Waals surface area contributed by atoms with Crippen LogP contribution in [0.25, 0.3) is 21.8 Å². The number of nitrogens with zero attached hydrogens (tertiary/aromatic N) is 1. The van der Waals surface area contributed by atoms with Crippen LogP contribution in [0.5, 0.6) is 0 Å². The second-order valence-corrected chi connectivity index (χ2v) is 7.03. The molecular formula is C20H24FN3O2. The highest BCUT2D eigenvalue weighted by Crippen LogP contribution is 2.30. The topological polar surface area (TPSA) is 59.0 Å². The van der Waals surface area contributed by atoms with Gasteiger partial charge in [-0.05, 0) is 38.3 Å². The molecule has 1 unspecified atom stereocenters. The molecule has 138 valence electrons. The molecule has 0 amide bonds. The summed E-state index contributed by atoms with van der Waals surface area (Å²) in [4.78, 5) is 14.7. The van der Waals surface area contributed by atoms with Gasteiger partial charge in [-0.25, -0.2) is 0 Å². The average Bonchev–Trinajstić information content (AvgIpc) is 2.93. The predicted molar refractivity (Wildman–Crippen MR) is 101 cm³/mol. The van der Waals surface area contributed by atoms with Crippen LogP contribution in [0.1, 0.15) is 25.0 Å². The van der Waals surface area contributed by atoms with Gasteiger partial charge in [0.2, 0.25) is 0 Å². The third kappa shape index (κ3) is 3.27. The fraction of sp³-hybridized carbons (Fsp3) is 0.450. The summed E-state index contributed by atoms with van der Waals surface area (Å²) in [5.74, 6) is -0.359. The molecule has 4 rings (SSSR count). The Morgan fingerprint density at radius 3 is 2.96 bits per heavy atom. The van der Waals surface area contributed by atoms with E-state index >= 15 is 0 Å². The Balaban J connectivity index is 1.62. The molecule has 2 aromatic heterocycles. The number of morpholine rings is 1. The molecule has 1 saturated heterocycles. The molecule has 0 radical (unpaired) electrons. The lowest BCUT2D eigenvalue weighted by Gasteiger charge is -2.23. The van der Waals surface area contributed by atoms with Gasteiger partial charge in [-0.15, -0.1) is 0 Å². The highest BCUT2D eigenvalue weighted by molar-refractivity contribution is 6.08. The van der Waals surface area contributed by atoms with E-state index in [0.29, 0.717) is 6.10 Å². The summed E-state index contributed by atoms with van der Waals surface area (Å²) in [5.41, 5.74) is 2.61. The SMILES string of the molecule is Cc1[nH]c(F)cc2c3ccc(=O)cc3n(CCCCC3CNCCO3)c12. The number of aryl methyl sites for hydroxylation is 2. The Hall–Kier alpha value is -2.18. The minimum absolute atomic E-state index is 0.0228. The maximum atomic E-state index is 13.9. The molecule has 6 heteroatoms. The molecular weight excluding hydrogens is 333 g/mol. The van der Waals surface area contributed by atoms with E-state index in [-0.39, 0.29) is 11.4 Å². The van der Waals surface area contributed by atoms with E-state index in [1.165, 1.54) is 6.07 Å². The van der Waals surface area contributed by atoms with Crippen LogP contribution >= 0.6 is 0 Å². The van der Waals surface area contributed by atoms with Gasteiger partial charge in [-0.1, -0.05) is 0 Å². The molecule has 26 heavy (non-hydrogen) atoms. The maximum Gasteiger partial charge on any atom is 0.191 e. The highest BCUT2D eigenvalue weighted by atomic mass is 19.1. The van der Waals surface area contributed by atoms with E-state index in [1.807, 2.05) is 6.92 Å². The number of hydrogen-bond donors (Lipinski definition) is 2. The van der Waals surface area contributed by atoms with Gasteiger partial charge in [0.05, 0.1) is 23.7 Å².